The zero-order chi connectivity index (χ0) is 12.5. The molecule has 0 heterocycles. The van der Waals surface area contributed by atoms with Gasteiger partial charge in [-0.2, -0.15) is 0 Å². The average Bonchev–Trinajstić information content (AvgIpc) is 2.37. The highest BCUT2D eigenvalue weighted by Crippen LogP contribution is 2.09. The van der Waals surface area contributed by atoms with Crippen LogP contribution in [0.2, 0.25) is 0 Å². The van der Waals surface area contributed by atoms with E-state index in [1.165, 1.54) is 18.4 Å². The number of benzene rings is 1. The smallest absolute Gasteiger partial charge is 0.338 e. The molecule has 94 valence electrons. The highest BCUT2D eigenvalue weighted by molar-refractivity contribution is 5.89. The summed E-state index contributed by atoms with van der Waals surface area (Å²) in [7, 11) is 0. The third kappa shape index (κ3) is 5.03. The fourth-order valence-electron chi connectivity index (χ4n) is 1.58. The molecule has 0 N–H and O–H groups in total. The Hall–Kier alpha value is -1.31. The van der Waals surface area contributed by atoms with Crippen LogP contribution in [0.1, 0.15) is 55.5 Å². The number of carbonyl (C=O) groups excluding carboxylic acids is 1. The third-order valence-electron chi connectivity index (χ3n) is 2.74. The summed E-state index contributed by atoms with van der Waals surface area (Å²) in [6, 6.07) is 7.76. The summed E-state index contributed by atoms with van der Waals surface area (Å²) in [5.74, 6) is -0.208. The van der Waals surface area contributed by atoms with Gasteiger partial charge in [-0.3, -0.25) is 0 Å². The molecular weight excluding hydrogens is 212 g/mol. The van der Waals surface area contributed by atoms with Gasteiger partial charge in [0, 0.05) is 0 Å². The lowest BCUT2D eigenvalue weighted by Crippen LogP contribution is -2.06. The molecule has 0 aliphatic rings. The molecule has 2 nitrogen and oxygen atoms in total. The summed E-state index contributed by atoms with van der Waals surface area (Å²) in [6.07, 6.45) is 5.45. The van der Waals surface area contributed by atoms with Crippen molar-refractivity contribution in [2.24, 2.45) is 0 Å². The second-order valence-electron chi connectivity index (χ2n) is 4.29. The Morgan fingerprint density at radius 2 is 1.71 bits per heavy atom. The average molecular weight is 234 g/mol. The van der Waals surface area contributed by atoms with Crippen molar-refractivity contribution >= 4 is 5.97 Å². The number of rotatable bonds is 7. The summed E-state index contributed by atoms with van der Waals surface area (Å²) in [6.45, 7) is 4.78. The molecule has 0 aliphatic carbocycles. The summed E-state index contributed by atoms with van der Waals surface area (Å²) in [4.78, 5) is 11.6. The van der Waals surface area contributed by atoms with E-state index < -0.39 is 0 Å². The van der Waals surface area contributed by atoms with E-state index in [1.807, 2.05) is 24.3 Å². The molecule has 0 saturated heterocycles. The molecule has 17 heavy (non-hydrogen) atoms. The fraction of sp³-hybridized carbons (Fsp3) is 0.533. The maximum atomic E-state index is 11.6. The zero-order valence-electron chi connectivity index (χ0n) is 10.9. The molecule has 0 unspecified atom stereocenters. The van der Waals surface area contributed by atoms with E-state index in [9.17, 15) is 4.79 Å². The van der Waals surface area contributed by atoms with E-state index in [1.54, 1.807) is 0 Å². The Labute approximate surface area is 104 Å². The number of unbranched alkanes of at least 4 members (excludes halogenated alkanes) is 2. The molecule has 0 amide bonds. The van der Waals surface area contributed by atoms with Crippen LogP contribution in [0.15, 0.2) is 24.3 Å². The van der Waals surface area contributed by atoms with E-state index in [0.717, 1.165) is 19.3 Å². The first-order valence-electron chi connectivity index (χ1n) is 6.54. The Kier molecular flexibility index (Phi) is 6.38. The van der Waals surface area contributed by atoms with Crippen molar-refractivity contribution in [3.05, 3.63) is 35.4 Å². The van der Waals surface area contributed by atoms with Crippen molar-refractivity contribution < 1.29 is 9.53 Å². The van der Waals surface area contributed by atoms with Crippen LogP contribution in [-0.4, -0.2) is 12.6 Å². The fourth-order valence-corrected chi connectivity index (χ4v) is 1.58. The lowest BCUT2D eigenvalue weighted by molar-refractivity contribution is 0.0500. The highest BCUT2D eigenvalue weighted by Gasteiger charge is 2.05. The number of esters is 1. The van der Waals surface area contributed by atoms with Gasteiger partial charge in [0.15, 0.2) is 0 Å². The molecule has 0 saturated carbocycles. The lowest BCUT2D eigenvalue weighted by atomic mass is 10.1. The first-order chi connectivity index (χ1) is 8.27. The van der Waals surface area contributed by atoms with Crippen molar-refractivity contribution in [2.45, 2.75) is 46.0 Å². The van der Waals surface area contributed by atoms with Gasteiger partial charge in [-0.15, -0.1) is 0 Å². The van der Waals surface area contributed by atoms with Crippen LogP contribution in [-0.2, 0) is 11.2 Å². The van der Waals surface area contributed by atoms with Gasteiger partial charge in [0.2, 0.25) is 0 Å². The van der Waals surface area contributed by atoms with Gasteiger partial charge in [0.1, 0.15) is 0 Å². The quantitative estimate of drug-likeness (QED) is 0.527. The number of ether oxygens (including phenoxy) is 1. The molecule has 0 aliphatic heterocycles. The summed E-state index contributed by atoms with van der Waals surface area (Å²) in [5.41, 5.74) is 1.94. The van der Waals surface area contributed by atoms with E-state index in [4.69, 9.17) is 4.74 Å². The second-order valence-corrected chi connectivity index (χ2v) is 4.29. The van der Waals surface area contributed by atoms with Gasteiger partial charge in [-0.1, -0.05) is 38.8 Å². The monoisotopic (exact) mass is 234 g/mol. The van der Waals surface area contributed by atoms with E-state index in [2.05, 4.69) is 13.8 Å². The van der Waals surface area contributed by atoms with Crippen molar-refractivity contribution in [1.29, 1.82) is 0 Å². The number of carbonyl (C=O) groups is 1. The molecule has 0 atom stereocenters. The predicted molar refractivity (Wildman–Crippen MR) is 70.2 cm³/mol. The van der Waals surface area contributed by atoms with Gasteiger partial charge in [-0.05, 0) is 37.0 Å². The van der Waals surface area contributed by atoms with Gasteiger partial charge in [0.05, 0.1) is 12.2 Å². The summed E-state index contributed by atoms with van der Waals surface area (Å²) < 4.78 is 5.15. The Morgan fingerprint density at radius 3 is 2.29 bits per heavy atom. The minimum Gasteiger partial charge on any atom is -0.462 e. The van der Waals surface area contributed by atoms with Gasteiger partial charge in [0.25, 0.3) is 0 Å². The van der Waals surface area contributed by atoms with Crippen LogP contribution >= 0.6 is 0 Å². The van der Waals surface area contributed by atoms with E-state index in [0.29, 0.717) is 12.2 Å². The first kappa shape index (κ1) is 13.8. The molecule has 1 aromatic carbocycles. The molecular formula is C15H22O2. The molecule has 0 spiro atoms. The molecule has 1 aromatic rings. The standard InChI is InChI=1S/C15H22O2/c1-3-5-7-13-8-10-14(11-9-13)15(16)17-12-6-4-2/h8-11H,3-7,12H2,1-2H3. The largest absolute Gasteiger partial charge is 0.462 e. The summed E-state index contributed by atoms with van der Waals surface area (Å²) >= 11 is 0. The van der Waals surface area contributed by atoms with Crippen LogP contribution in [0, 0.1) is 0 Å². The molecule has 0 aromatic heterocycles. The third-order valence-corrected chi connectivity index (χ3v) is 2.74. The Balaban J connectivity index is 2.46. The maximum Gasteiger partial charge on any atom is 0.338 e. The Bertz CT molecular complexity index is 327. The maximum absolute atomic E-state index is 11.6. The van der Waals surface area contributed by atoms with Crippen molar-refractivity contribution in [3.63, 3.8) is 0 Å². The molecule has 0 fully saturated rings. The van der Waals surface area contributed by atoms with Gasteiger partial charge in [-0.25, -0.2) is 4.79 Å². The van der Waals surface area contributed by atoms with E-state index in [-0.39, 0.29) is 5.97 Å². The van der Waals surface area contributed by atoms with Crippen LogP contribution in [0.3, 0.4) is 0 Å². The lowest BCUT2D eigenvalue weighted by Gasteiger charge is -2.05. The van der Waals surface area contributed by atoms with Crippen molar-refractivity contribution in [3.8, 4) is 0 Å². The number of hydrogen-bond donors (Lipinski definition) is 0. The van der Waals surface area contributed by atoms with Gasteiger partial charge >= 0.3 is 5.97 Å². The van der Waals surface area contributed by atoms with Crippen molar-refractivity contribution in [2.75, 3.05) is 6.61 Å². The summed E-state index contributed by atoms with van der Waals surface area (Å²) in [5, 5.41) is 0. The molecule has 2 heteroatoms. The second kappa shape index (κ2) is 7.88. The zero-order valence-corrected chi connectivity index (χ0v) is 10.9. The predicted octanol–water partition coefficient (Wildman–Crippen LogP) is 3.99. The van der Waals surface area contributed by atoms with E-state index >= 15 is 0 Å². The highest BCUT2D eigenvalue weighted by atomic mass is 16.5. The number of hydrogen-bond acceptors (Lipinski definition) is 2. The molecule has 0 bridgehead atoms. The number of aryl methyl sites for hydroxylation is 1. The first-order valence-corrected chi connectivity index (χ1v) is 6.54. The van der Waals surface area contributed by atoms with Crippen LogP contribution in [0.5, 0.6) is 0 Å². The molecule has 1 rings (SSSR count). The SMILES string of the molecule is CCCCOC(=O)c1ccc(CCCC)cc1. The minimum absolute atomic E-state index is 0.208. The van der Waals surface area contributed by atoms with Crippen molar-refractivity contribution in [1.82, 2.24) is 0 Å². The van der Waals surface area contributed by atoms with Crippen LogP contribution in [0.4, 0.5) is 0 Å². The van der Waals surface area contributed by atoms with Crippen LogP contribution in [0.25, 0.3) is 0 Å². The minimum atomic E-state index is -0.208. The normalized spacial score (nSPS) is 10.2. The topological polar surface area (TPSA) is 26.3 Å². The van der Waals surface area contributed by atoms with Crippen LogP contribution < -0.4 is 0 Å². The van der Waals surface area contributed by atoms with Gasteiger partial charge < -0.3 is 4.74 Å². The Morgan fingerprint density at radius 1 is 1.06 bits per heavy atom. The molecule has 0 radical (unpaired) electrons.